The van der Waals surface area contributed by atoms with Crippen LogP contribution in [0.4, 0.5) is 0 Å². The van der Waals surface area contributed by atoms with Gasteiger partial charge in [-0.1, -0.05) is 24.6 Å². The zero-order chi connectivity index (χ0) is 13.5. The van der Waals surface area contributed by atoms with Crippen LogP contribution in [-0.2, 0) is 6.54 Å². The van der Waals surface area contributed by atoms with E-state index in [2.05, 4.69) is 5.32 Å². The molecule has 4 heteroatoms. The largest absolute Gasteiger partial charge is 0.489 e. The van der Waals surface area contributed by atoms with Crippen molar-refractivity contribution in [3.8, 4) is 5.75 Å². The number of aliphatic hydroxyl groups excluding tert-OH is 1. The SMILES string of the molecule is CCC(CO)NCc1ccc(OC(C)C)c(Cl)c1. The van der Waals surface area contributed by atoms with Gasteiger partial charge in [0.1, 0.15) is 5.75 Å². The summed E-state index contributed by atoms with van der Waals surface area (Å²) in [7, 11) is 0. The molecule has 2 N–H and O–H groups in total. The molecule has 0 radical (unpaired) electrons. The highest BCUT2D eigenvalue weighted by Gasteiger charge is 2.07. The zero-order valence-corrected chi connectivity index (χ0v) is 12.0. The Kier molecular flexibility index (Phi) is 6.47. The molecule has 0 aromatic heterocycles. The van der Waals surface area contributed by atoms with Crippen molar-refractivity contribution in [1.82, 2.24) is 5.32 Å². The number of ether oxygens (including phenoxy) is 1. The molecular weight excluding hydrogens is 250 g/mol. The number of nitrogens with one attached hydrogen (secondary N) is 1. The van der Waals surface area contributed by atoms with Gasteiger partial charge in [-0.3, -0.25) is 0 Å². The summed E-state index contributed by atoms with van der Waals surface area (Å²) in [5, 5.41) is 13.0. The molecule has 1 rings (SSSR count). The summed E-state index contributed by atoms with van der Waals surface area (Å²) in [5.74, 6) is 0.713. The highest BCUT2D eigenvalue weighted by atomic mass is 35.5. The Balaban J connectivity index is 2.61. The van der Waals surface area contributed by atoms with Crippen molar-refractivity contribution in [3.05, 3.63) is 28.8 Å². The van der Waals surface area contributed by atoms with Crippen molar-refractivity contribution in [3.63, 3.8) is 0 Å². The second-order valence-corrected chi connectivity index (χ2v) is 5.01. The molecule has 0 saturated carbocycles. The monoisotopic (exact) mass is 271 g/mol. The van der Waals surface area contributed by atoms with E-state index in [-0.39, 0.29) is 18.8 Å². The minimum atomic E-state index is 0.116. The van der Waals surface area contributed by atoms with E-state index in [4.69, 9.17) is 21.4 Å². The van der Waals surface area contributed by atoms with E-state index < -0.39 is 0 Å². The molecule has 0 heterocycles. The Bertz CT molecular complexity index is 365. The number of hydrogen-bond donors (Lipinski definition) is 2. The summed E-state index contributed by atoms with van der Waals surface area (Å²) in [4.78, 5) is 0. The lowest BCUT2D eigenvalue weighted by atomic mass is 10.2. The molecule has 0 saturated heterocycles. The van der Waals surface area contributed by atoms with E-state index in [1.165, 1.54) is 0 Å². The Morgan fingerprint density at radius 3 is 2.61 bits per heavy atom. The van der Waals surface area contributed by atoms with Gasteiger partial charge in [0.2, 0.25) is 0 Å². The summed E-state index contributed by atoms with van der Waals surface area (Å²) in [6, 6.07) is 5.91. The van der Waals surface area contributed by atoms with Crippen LogP contribution in [0.2, 0.25) is 5.02 Å². The van der Waals surface area contributed by atoms with Gasteiger partial charge in [0, 0.05) is 12.6 Å². The van der Waals surface area contributed by atoms with Crippen LogP contribution < -0.4 is 10.1 Å². The van der Waals surface area contributed by atoms with Crippen LogP contribution >= 0.6 is 11.6 Å². The van der Waals surface area contributed by atoms with Gasteiger partial charge in [-0.05, 0) is 38.0 Å². The topological polar surface area (TPSA) is 41.5 Å². The van der Waals surface area contributed by atoms with E-state index in [9.17, 15) is 0 Å². The minimum absolute atomic E-state index is 0.116. The van der Waals surface area contributed by atoms with Crippen molar-refractivity contribution >= 4 is 11.6 Å². The molecule has 0 aliphatic heterocycles. The Labute approximate surface area is 114 Å². The van der Waals surface area contributed by atoms with Crippen LogP contribution in [-0.4, -0.2) is 23.9 Å². The summed E-state index contributed by atoms with van der Waals surface area (Å²) in [6.07, 6.45) is 1.02. The maximum Gasteiger partial charge on any atom is 0.138 e. The van der Waals surface area contributed by atoms with Crippen LogP contribution in [0.5, 0.6) is 5.75 Å². The third-order valence-corrected chi connectivity index (χ3v) is 2.96. The van der Waals surface area contributed by atoms with Crippen LogP contribution in [0.3, 0.4) is 0 Å². The number of halogens is 1. The second kappa shape index (κ2) is 7.62. The maximum atomic E-state index is 9.09. The summed E-state index contributed by atoms with van der Waals surface area (Å²) in [6.45, 7) is 6.83. The first-order valence-corrected chi connectivity index (χ1v) is 6.74. The standard InChI is InChI=1S/C14H22ClNO2/c1-4-12(9-17)16-8-11-5-6-14(13(15)7-11)18-10(2)3/h5-7,10,12,16-17H,4,8-9H2,1-3H3. The molecule has 1 atom stereocenters. The molecule has 0 spiro atoms. The summed E-state index contributed by atoms with van der Waals surface area (Å²) < 4.78 is 5.58. The fourth-order valence-electron chi connectivity index (χ4n) is 1.60. The van der Waals surface area contributed by atoms with E-state index in [1.54, 1.807) is 0 Å². The van der Waals surface area contributed by atoms with Crippen molar-refractivity contribution in [2.24, 2.45) is 0 Å². The molecule has 18 heavy (non-hydrogen) atoms. The van der Waals surface area contributed by atoms with Gasteiger partial charge in [0.25, 0.3) is 0 Å². The normalized spacial score (nSPS) is 12.8. The minimum Gasteiger partial charge on any atom is -0.489 e. The molecule has 0 fully saturated rings. The number of aliphatic hydroxyl groups is 1. The Morgan fingerprint density at radius 1 is 1.39 bits per heavy atom. The lowest BCUT2D eigenvalue weighted by Crippen LogP contribution is -2.31. The first-order valence-electron chi connectivity index (χ1n) is 6.36. The highest BCUT2D eigenvalue weighted by molar-refractivity contribution is 6.32. The van der Waals surface area contributed by atoms with Crippen LogP contribution in [0, 0.1) is 0 Å². The molecule has 0 aliphatic carbocycles. The average molecular weight is 272 g/mol. The van der Waals surface area contributed by atoms with Gasteiger partial charge in [-0.15, -0.1) is 0 Å². The lowest BCUT2D eigenvalue weighted by Gasteiger charge is -2.15. The van der Waals surface area contributed by atoms with Crippen LogP contribution in [0.25, 0.3) is 0 Å². The zero-order valence-electron chi connectivity index (χ0n) is 11.2. The highest BCUT2D eigenvalue weighted by Crippen LogP contribution is 2.26. The van der Waals surface area contributed by atoms with E-state index in [0.29, 0.717) is 17.3 Å². The molecule has 3 nitrogen and oxygen atoms in total. The quantitative estimate of drug-likeness (QED) is 0.801. The van der Waals surface area contributed by atoms with Crippen LogP contribution in [0.15, 0.2) is 18.2 Å². The summed E-state index contributed by atoms with van der Waals surface area (Å²) >= 11 is 6.15. The molecule has 1 unspecified atom stereocenters. The van der Waals surface area contributed by atoms with Crippen LogP contribution in [0.1, 0.15) is 32.8 Å². The predicted octanol–water partition coefficient (Wildman–Crippen LogP) is 2.99. The fourth-order valence-corrected chi connectivity index (χ4v) is 1.85. The first-order chi connectivity index (χ1) is 8.56. The van der Waals surface area contributed by atoms with E-state index >= 15 is 0 Å². The number of hydrogen-bond acceptors (Lipinski definition) is 3. The third-order valence-electron chi connectivity index (χ3n) is 2.67. The third kappa shape index (κ3) is 4.84. The molecule has 0 amide bonds. The molecule has 0 bridgehead atoms. The molecule has 102 valence electrons. The smallest absolute Gasteiger partial charge is 0.138 e. The Morgan fingerprint density at radius 2 is 2.11 bits per heavy atom. The van der Waals surface area contributed by atoms with Gasteiger partial charge < -0.3 is 15.2 Å². The van der Waals surface area contributed by atoms with Gasteiger partial charge in [0.15, 0.2) is 0 Å². The van der Waals surface area contributed by atoms with Crippen molar-refractivity contribution in [1.29, 1.82) is 0 Å². The van der Waals surface area contributed by atoms with Crippen molar-refractivity contribution in [2.75, 3.05) is 6.61 Å². The van der Waals surface area contributed by atoms with E-state index in [0.717, 1.165) is 12.0 Å². The lowest BCUT2D eigenvalue weighted by molar-refractivity contribution is 0.238. The van der Waals surface area contributed by atoms with Crippen molar-refractivity contribution < 1.29 is 9.84 Å². The molecule has 1 aromatic carbocycles. The summed E-state index contributed by atoms with van der Waals surface area (Å²) in [5.41, 5.74) is 1.09. The van der Waals surface area contributed by atoms with Gasteiger partial charge in [0.05, 0.1) is 17.7 Å². The maximum absolute atomic E-state index is 9.09. The number of rotatable bonds is 7. The van der Waals surface area contributed by atoms with E-state index in [1.807, 2.05) is 39.0 Å². The molecule has 0 aliphatic rings. The van der Waals surface area contributed by atoms with Gasteiger partial charge in [-0.2, -0.15) is 0 Å². The van der Waals surface area contributed by atoms with Gasteiger partial charge >= 0.3 is 0 Å². The predicted molar refractivity (Wildman–Crippen MR) is 75.2 cm³/mol. The molecule has 1 aromatic rings. The molecular formula is C14H22ClNO2. The number of benzene rings is 1. The first kappa shape index (κ1) is 15.3. The van der Waals surface area contributed by atoms with Gasteiger partial charge in [-0.25, -0.2) is 0 Å². The van der Waals surface area contributed by atoms with Crippen molar-refractivity contribution in [2.45, 2.75) is 45.9 Å². The fraction of sp³-hybridized carbons (Fsp3) is 0.571. The second-order valence-electron chi connectivity index (χ2n) is 4.60. The average Bonchev–Trinajstić information content (AvgIpc) is 2.33. The Hall–Kier alpha value is -0.770.